The Balaban J connectivity index is 1.64. The van der Waals surface area contributed by atoms with Crippen LogP contribution in [0.5, 0.6) is 5.75 Å². The van der Waals surface area contributed by atoms with Crippen LogP contribution >= 0.6 is 0 Å². The Morgan fingerprint density at radius 3 is 2.76 bits per heavy atom. The Hall–Kier alpha value is -3.54. The van der Waals surface area contributed by atoms with Gasteiger partial charge in [0.2, 0.25) is 0 Å². The van der Waals surface area contributed by atoms with Crippen LogP contribution in [0.15, 0.2) is 69.4 Å². The van der Waals surface area contributed by atoms with Crippen LogP contribution in [0.2, 0.25) is 0 Å². The van der Waals surface area contributed by atoms with Crippen molar-refractivity contribution in [3.05, 3.63) is 70.4 Å². The zero-order valence-electron chi connectivity index (χ0n) is 12.9. The van der Waals surface area contributed by atoms with Crippen LogP contribution in [0.1, 0.15) is 0 Å². The van der Waals surface area contributed by atoms with Crippen molar-refractivity contribution in [2.75, 3.05) is 6.61 Å². The number of benzene rings is 2. The fourth-order valence-electron chi connectivity index (χ4n) is 2.50. The van der Waals surface area contributed by atoms with Crippen LogP contribution in [-0.4, -0.2) is 23.2 Å². The minimum Gasteiger partial charge on any atom is -0.489 e. The summed E-state index contributed by atoms with van der Waals surface area (Å²) in [6.45, 7) is -0.0217. The van der Waals surface area contributed by atoms with E-state index in [1.807, 2.05) is 0 Å². The number of hydrogen-bond donors (Lipinski definition) is 0. The fraction of sp³-hybridized carbons (Fsp3) is 0.0526. The summed E-state index contributed by atoms with van der Waals surface area (Å²) in [5, 5.41) is 0. The Labute approximate surface area is 141 Å². The molecule has 0 unspecified atom stereocenters. The molecule has 6 nitrogen and oxygen atoms in total. The molecule has 0 N–H and O–H groups in total. The maximum Gasteiger partial charge on any atom is 0.185 e. The molecule has 1 aliphatic heterocycles. The van der Waals surface area contributed by atoms with Gasteiger partial charge in [-0.3, -0.25) is 14.4 Å². The average molecular weight is 333 g/mol. The van der Waals surface area contributed by atoms with E-state index < -0.39 is 0 Å². The molecule has 25 heavy (non-hydrogen) atoms. The summed E-state index contributed by atoms with van der Waals surface area (Å²) in [5.74, 6) is 0.362. The smallest absolute Gasteiger partial charge is 0.185 e. The minimum absolute atomic E-state index is 0.0217. The highest BCUT2D eigenvalue weighted by molar-refractivity contribution is 6.17. The normalized spacial score (nSPS) is 14.2. The van der Waals surface area contributed by atoms with Gasteiger partial charge in [-0.25, -0.2) is 4.98 Å². The van der Waals surface area contributed by atoms with Gasteiger partial charge >= 0.3 is 0 Å². The Morgan fingerprint density at radius 2 is 1.88 bits per heavy atom. The molecule has 0 saturated heterocycles. The van der Waals surface area contributed by atoms with Crippen molar-refractivity contribution in [1.82, 2.24) is 4.98 Å². The zero-order valence-corrected chi connectivity index (χ0v) is 12.9. The van der Waals surface area contributed by atoms with Crippen LogP contribution in [0.25, 0.3) is 22.6 Å². The molecule has 0 fully saturated rings. The van der Waals surface area contributed by atoms with E-state index in [0.29, 0.717) is 28.3 Å². The van der Waals surface area contributed by atoms with Gasteiger partial charge in [-0.15, -0.1) is 0 Å². The summed E-state index contributed by atoms with van der Waals surface area (Å²) in [7, 11) is 0. The first-order valence-electron chi connectivity index (χ1n) is 7.53. The molecule has 0 saturated carbocycles. The molecule has 1 heterocycles. The third kappa shape index (κ3) is 2.97. The van der Waals surface area contributed by atoms with Crippen molar-refractivity contribution >= 4 is 22.7 Å². The summed E-state index contributed by atoms with van der Waals surface area (Å²) in [6.07, 6.45) is 3.72. The first kappa shape index (κ1) is 15.0. The molecule has 2 aliphatic carbocycles. The molecule has 122 valence electrons. The number of ketones is 2. The van der Waals surface area contributed by atoms with Gasteiger partial charge in [0.15, 0.2) is 28.3 Å². The number of ether oxygens (including phenoxy) is 1. The van der Waals surface area contributed by atoms with Crippen LogP contribution in [0, 0.1) is 0 Å². The van der Waals surface area contributed by atoms with Crippen molar-refractivity contribution in [1.29, 1.82) is 0 Å². The van der Waals surface area contributed by atoms with Gasteiger partial charge < -0.3 is 9.15 Å². The predicted molar refractivity (Wildman–Crippen MR) is 89.6 cm³/mol. The van der Waals surface area contributed by atoms with Crippen molar-refractivity contribution in [3.8, 4) is 17.2 Å². The fourth-order valence-corrected chi connectivity index (χ4v) is 2.50. The standard InChI is InChI=1S/C19H11NO5/c21-12-2-6-17(23)11(7-12)10-24-14-3-5-16-19(9-14)25-18-8-13(22)1-4-15(18)20-16/h1-9H,10H2. The average Bonchev–Trinajstić information content (AvgIpc) is 2.60. The van der Waals surface area contributed by atoms with Crippen LogP contribution in [0.4, 0.5) is 0 Å². The SMILES string of the molecule is O=C1C=CC(=O)C(COc2ccc3nc4ccc(=O)cc-4oc3c2)=C1. The van der Waals surface area contributed by atoms with E-state index in [-0.39, 0.29) is 29.2 Å². The summed E-state index contributed by atoms with van der Waals surface area (Å²) in [6, 6.07) is 9.46. The van der Waals surface area contributed by atoms with Crippen molar-refractivity contribution in [3.63, 3.8) is 0 Å². The lowest BCUT2D eigenvalue weighted by molar-refractivity contribution is -0.114. The number of carbonyl (C=O) groups is 2. The van der Waals surface area contributed by atoms with Crippen molar-refractivity contribution in [2.24, 2.45) is 0 Å². The monoisotopic (exact) mass is 333 g/mol. The zero-order chi connectivity index (χ0) is 17.4. The molecule has 0 aromatic heterocycles. The summed E-state index contributed by atoms with van der Waals surface area (Å²) >= 11 is 0. The van der Waals surface area contributed by atoms with E-state index in [2.05, 4.69) is 4.98 Å². The number of aromatic nitrogens is 1. The van der Waals surface area contributed by atoms with E-state index in [9.17, 15) is 14.4 Å². The molecule has 0 spiro atoms. The second kappa shape index (κ2) is 5.83. The summed E-state index contributed by atoms with van der Waals surface area (Å²) in [4.78, 5) is 38.9. The molecular formula is C19H11NO5. The van der Waals surface area contributed by atoms with E-state index in [1.165, 1.54) is 30.4 Å². The summed E-state index contributed by atoms with van der Waals surface area (Å²) < 4.78 is 11.3. The molecule has 3 aliphatic rings. The quantitative estimate of drug-likeness (QED) is 0.540. The molecule has 0 atom stereocenters. The second-order valence-electron chi connectivity index (χ2n) is 5.53. The number of allylic oxidation sites excluding steroid dienone is 3. The first-order chi connectivity index (χ1) is 12.1. The maximum atomic E-state index is 11.7. The molecule has 0 radical (unpaired) electrons. The van der Waals surface area contributed by atoms with Gasteiger partial charge in [0.1, 0.15) is 23.6 Å². The minimum atomic E-state index is -0.249. The van der Waals surface area contributed by atoms with Gasteiger partial charge in [-0.1, -0.05) is 0 Å². The molecular weight excluding hydrogens is 322 g/mol. The van der Waals surface area contributed by atoms with E-state index in [0.717, 1.165) is 0 Å². The molecule has 1 aromatic carbocycles. The molecule has 4 rings (SSSR count). The molecule has 0 bridgehead atoms. The largest absolute Gasteiger partial charge is 0.489 e. The first-order valence-corrected chi connectivity index (χ1v) is 7.53. The third-order valence-electron chi connectivity index (χ3n) is 3.75. The second-order valence-corrected chi connectivity index (χ2v) is 5.53. The number of nitrogens with zero attached hydrogens (tertiary/aromatic N) is 1. The van der Waals surface area contributed by atoms with Crippen LogP contribution < -0.4 is 10.2 Å². The molecule has 0 amide bonds. The third-order valence-corrected chi connectivity index (χ3v) is 3.75. The van der Waals surface area contributed by atoms with Gasteiger partial charge in [-0.2, -0.15) is 0 Å². The van der Waals surface area contributed by atoms with Crippen LogP contribution in [-0.2, 0) is 9.59 Å². The van der Waals surface area contributed by atoms with E-state index >= 15 is 0 Å². The number of rotatable bonds is 3. The summed E-state index contributed by atoms with van der Waals surface area (Å²) in [5.41, 5.74) is 1.78. The van der Waals surface area contributed by atoms with Crippen molar-refractivity contribution < 1.29 is 18.7 Å². The highest BCUT2D eigenvalue weighted by atomic mass is 16.5. The van der Waals surface area contributed by atoms with Gasteiger partial charge in [0.05, 0.1) is 0 Å². The van der Waals surface area contributed by atoms with E-state index in [1.54, 1.807) is 24.3 Å². The topological polar surface area (TPSA) is 86.5 Å². The number of hydrogen-bond acceptors (Lipinski definition) is 6. The maximum absolute atomic E-state index is 11.7. The highest BCUT2D eigenvalue weighted by Gasteiger charge is 2.14. The predicted octanol–water partition coefficient (Wildman–Crippen LogP) is 2.31. The van der Waals surface area contributed by atoms with E-state index in [4.69, 9.17) is 9.15 Å². The van der Waals surface area contributed by atoms with Crippen molar-refractivity contribution in [2.45, 2.75) is 0 Å². The molecule has 6 heteroatoms. The Bertz CT molecular complexity index is 1110. The molecule has 1 aromatic rings. The lowest BCUT2D eigenvalue weighted by Gasteiger charge is -2.10. The Morgan fingerprint density at radius 1 is 1.00 bits per heavy atom. The van der Waals surface area contributed by atoms with Gasteiger partial charge in [0.25, 0.3) is 0 Å². The lowest BCUT2D eigenvalue weighted by Crippen LogP contribution is -2.14. The highest BCUT2D eigenvalue weighted by Crippen LogP contribution is 2.26. The van der Waals surface area contributed by atoms with Gasteiger partial charge in [0, 0.05) is 17.7 Å². The number of carbonyl (C=O) groups excluding carboxylic acids is 2. The van der Waals surface area contributed by atoms with Crippen LogP contribution in [0.3, 0.4) is 0 Å². The van der Waals surface area contributed by atoms with Gasteiger partial charge in [-0.05, 0) is 42.5 Å². The lowest BCUT2D eigenvalue weighted by atomic mass is 10.0. The Kier molecular flexibility index (Phi) is 3.50. The number of fused-ring (bicyclic) bond motifs is 2.